The average Bonchev–Trinajstić information content (AvgIpc) is 2.81. The van der Waals surface area contributed by atoms with E-state index in [-0.39, 0.29) is 13.2 Å². The van der Waals surface area contributed by atoms with Crippen molar-refractivity contribution in [1.29, 1.82) is 0 Å². The second-order valence-corrected chi connectivity index (χ2v) is 8.53. The summed E-state index contributed by atoms with van der Waals surface area (Å²) < 4.78 is 23.3. The number of ether oxygens (including phenoxy) is 4. The van der Waals surface area contributed by atoms with E-state index in [1.54, 1.807) is 0 Å². The van der Waals surface area contributed by atoms with Crippen LogP contribution in [0.2, 0.25) is 0 Å². The largest absolute Gasteiger partial charge is 0.481 e. The van der Waals surface area contributed by atoms with E-state index in [0.717, 1.165) is 51.7 Å². The highest BCUT2D eigenvalue weighted by molar-refractivity contribution is 9.10. The van der Waals surface area contributed by atoms with Crippen molar-refractivity contribution in [2.24, 2.45) is 0 Å². The van der Waals surface area contributed by atoms with E-state index < -0.39 is 11.9 Å². The Labute approximate surface area is 202 Å². The number of benzene rings is 3. The molecule has 3 aromatic carbocycles. The summed E-state index contributed by atoms with van der Waals surface area (Å²) >= 11 is 3.51. The van der Waals surface area contributed by atoms with Crippen LogP contribution in [0.5, 0.6) is 11.5 Å². The molecule has 0 saturated carbocycles. The molecule has 33 heavy (non-hydrogen) atoms. The summed E-state index contributed by atoms with van der Waals surface area (Å²) in [5, 5.41) is 3.09. The molecule has 0 aliphatic carbocycles. The van der Waals surface area contributed by atoms with Gasteiger partial charge in [0.2, 0.25) is 0 Å². The zero-order valence-electron chi connectivity index (χ0n) is 19.0. The Hall–Kier alpha value is -2.80. The van der Waals surface area contributed by atoms with E-state index in [9.17, 15) is 9.59 Å². The number of carbonyl (C=O) groups excluding carboxylic acids is 2. The molecule has 0 aliphatic heterocycles. The molecule has 0 aromatic heterocycles. The fraction of sp³-hybridized carbons (Fsp3) is 0.385. The maximum atomic E-state index is 12.2. The molecule has 0 unspecified atom stereocenters. The first kappa shape index (κ1) is 24.8. The molecule has 0 amide bonds. The molecule has 0 N–H and O–H groups in total. The highest BCUT2D eigenvalue weighted by Crippen LogP contribution is 2.43. The van der Waals surface area contributed by atoms with Crippen LogP contribution in [0.25, 0.3) is 21.5 Å². The second-order valence-electron chi connectivity index (χ2n) is 7.62. The van der Waals surface area contributed by atoms with Crippen LogP contribution in [-0.2, 0) is 19.1 Å². The Morgan fingerprint density at radius 3 is 1.73 bits per heavy atom. The summed E-state index contributed by atoms with van der Waals surface area (Å²) in [5.41, 5.74) is 0. The van der Waals surface area contributed by atoms with Crippen LogP contribution in [0.1, 0.15) is 39.5 Å². The number of unbranched alkanes of at least 4 members (excludes halogenated alkanes) is 2. The zero-order chi connectivity index (χ0) is 23.6. The van der Waals surface area contributed by atoms with Crippen LogP contribution < -0.4 is 9.47 Å². The molecule has 0 spiro atoms. The van der Waals surface area contributed by atoms with E-state index >= 15 is 0 Å². The molecule has 0 saturated heterocycles. The van der Waals surface area contributed by atoms with Gasteiger partial charge in [-0.25, -0.2) is 9.59 Å². The van der Waals surface area contributed by atoms with E-state index in [1.165, 1.54) is 0 Å². The molecule has 0 radical (unpaired) electrons. The van der Waals surface area contributed by atoms with Crippen molar-refractivity contribution in [3.8, 4) is 11.5 Å². The van der Waals surface area contributed by atoms with Gasteiger partial charge in [0.05, 0.1) is 13.2 Å². The number of rotatable bonds is 12. The van der Waals surface area contributed by atoms with E-state index in [4.69, 9.17) is 18.9 Å². The van der Waals surface area contributed by atoms with Crippen molar-refractivity contribution in [2.75, 3.05) is 26.4 Å². The molecule has 3 rings (SSSR count). The minimum absolute atomic E-state index is 0.192. The smallest absolute Gasteiger partial charge is 0.344 e. The predicted octanol–water partition coefficient (Wildman–Crippen LogP) is 6.20. The lowest BCUT2D eigenvalue weighted by Gasteiger charge is -2.17. The maximum absolute atomic E-state index is 12.2. The summed E-state index contributed by atoms with van der Waals surface area (Å²) in [6.45, 7) is 4.45. The number of hydrogen-bond acceptors (Lipinski definition) is 6. The zero-order valence-corrected chi connectivity index (χ0v) is 20.6. The van der Waals surface area contributed by atoms with E-state index in [0.29, 0.717) is 24.7 Å². The Balaban J connectivity index is 1.94. The molecule has 176 valence electrons. The van der Waals surface area contributed by atoms with Crippen molar-refractivity contribution in [3.05, 3.63) is 46.9 Å². The van der Waals surface area contributed by atoms with Crippen LogP contribution in [0.3, 0.4) is 0 Å². The number of halogens is 1. The fourth-order valence-corrected chi connectivity index (χ4v) is 3.75. The molecule has 3 aromatic rings. The van der Waals surface area contributed by atoms with Crippen molar-refractivity contribution in [3.63, 3.8) is 0 Å². The van der Waals surface area contributed by atoms with Crippen LogP contribution >= 0.6 is 15.9 Å². The lowest BCUT2D eigenvalue weighted by molar-refractivity contribution is -0.146. The first-order chi connectivity index (χ1) is 16.0. The monoisotopic (exact) mass is 516 g/mol. The molecule has 0 bridgehead atoms. The Morgan fingerprint density at radius 2 is 1.21 bits per heavy atom. The third-order valence-electron chi connectivity index (χ3n) is 5.08. The molecule has 7 heteroatoms. The Kier molecular flexibility index (Phi) is 9.36. The van der Waals surface area contributed by atoms with Gasteiger partial charge in [-0.1, -0.05) is 66.9 Å². The predicted molar refractivity (Wildman–Crippen MR) is 132 cm³/mol. The summed E-state index contributed by atoms with van der Waals surface area (Å²) in [6.07, 6.45) is 3.53. The molecule has 0 atom stereocenters. The van der Waals surface area contributed by atoms with Gasteiger partial charge >= 0.3 is 11.9 Å². The first-order valence-corrected chi connectivity index (χ1v) is 12.0. The third-order valence-corrected chi connectivity index (χ3v) is 5.57. The minimum Gasteiger partial charge on any atom is -0.481 e. The SMILES string of the molecule is CCCCOC(=O)COc1c2ccccc2c(OCC(=O)OCCCC)c2cc(Br)ccc12. The topological polar surface area (TPSA) is 71.1 Å². The number of fused-ring (bicyclic) bond motifs is 2. The number of hydrogen-bond donors (Lipinski definition) is 0. The van der Waals surface area contributed by atoms with Gasteiger partial charge in [-0.15, -0.1) is 0 Å². The van der Waals surface area contributed by atoms with Crippen molar-refractivity contribution in [1.82, 2.24) is 0 Å². The van der Waals surface area contributed by atoms with Gasteiger partial charge in [0.25, 0.3) is 0 Å². The van der Waals surface area contributed by atoms with Crippen LogP contribution in [0.15, 0.2) is 46.9 Å². The van der Waals surface area contributed by atoms with Crippen LogP contribution in [-0.4, -0.2) is 38.4 Å². The third kappa shape index (κ3) is 6.60. The molecular formula is C26H29BrO6. The summed E-state index contributed by atoms with van der Waals surface area (Å²) in [5.74, 6) is 0.310. The lowest BCUT2D eigenvalue weighted by atomic mass is 10.0. The summed E-state index contributed by atoms with van der Waals surface area (Å²) in [7, 11) is 0. The lowest BCUT2D eigenvalue weighted by Crippen LogP contribution is -2.16. The van der Waals surface area contributed by atoms with Gasteiger partial charge in [-0.05, 0) is 31.0 Å². The quantitative estimate of drug-likeness (QED) is 0.162. The number of carbonyl (C=O) groups is 2. The summed E-state index contributed by atoms with van der Waals surface area (Å²) in [4.78, 5) is 24.3. The Bertz CT molecular complexity index is 1110. The van der Waals surface area contributed by atoms with E-state index in [1.807, 2.05) is 56.3 Å². The molecule has 0 fully saturated rings. The second kappa shape index (κ2) is 12.4. The standard InChI is InChI=1S/C26H29BrO6/c1-3-5-13-30-23(28)16-32-25-19-9-7-8-10-20(19)26(22-15-18(27)11-12-21(22)25)33-17-24(29)31-14-6-4-2/h7-12,15H,3-6,13-14,16-17H2,1-2H3. The van der Waals surface area contributed by atoms with Gasteiger partial charge in [0.15, 0.2) is 13.2 Å². The molecule has 6 nitrogen and oxygen atoms in total. The van der Waals surface area contributed by atoms with Gasteiger partial charge in [-0.2, -0.15) is 0 Å². The van der Waals surface area contributed by atoms with E-state index in [2.05, 4.69) is 15.9 Å². The first-order valence-electron chi connectivity index (χ1n) is 11.3. The van der Waals surface area contributed by atoms with Gasteiger partial charge in [-0.3, -0.25) is 0 Å². The normalized spacial score (nSPS) is 10.9. The molecule has 0 heterocycles. The molecule has 0 aliphatic rings. The number of esters is 2. The van der Waals surface area contributed by atoms with Crippen LogP contribution in [0, 0.1) is 0 Å². The van der Waals surface area contributed by atoms with Crippen molar-refractivity contribution in [2.45, 2.75) is 39.5 Å². The Morgan fingerprint density at radius 1 is 0.727 bits per heavy atom. The van der Waals surface area contributed by atoms with Crippen molar-refractivity contribution < 1.29 is 28.5 Å². The highest BCUT2D eigenvalue weighted by Gasteiger charge is 2.18. The molecular weight excluding hydrogens is 488 g/mol. The van der Waals surface area contributed by atoms with Gasteiger partial charge < -0.3 is 18.9 Å². The van der Waals surface area contributed by atoms with Crippen molar-refractivity contribution >= 4 is 49.4 Å². The van der Waals surface area contributed by atoms with Gasteiger partial charge in [0, 0.05) is 26.0 Å². The fourth-order valence-electron chi connectivity index (χ4n) is 3.39. The van der Waals surface area contributed by atoms with Gasteiger partial charge in [0.1, 0.15) is 11.5 Å². The summed E-state index contributed by atoms with van der Waals surface area (Å²) in [6, 6.07) is 13.3. The average molecular weight is 517 g/mol. The highest BCUT2D eigenvalue weighted by atomic mass is 79.9. The minimum atomic E-state index is -0.411. The van der Waals surface area contributed by atoms with Crippen LogP contribution in [0.4, 0.5) is 0 Å². The maximum Gasteiger partial charge on any atom is 0.344 e.